The average Bonchev–Trinajstić information content (AvgIpc) is 2.92. The van der Waals surface area contributed by atoms with Crippen LogP contribution < -0.4 is 0 Å². The molecule has 2 fully saturated rings. The van der Waals surface area contributed by atoms with Gasteiger partial charge in [0.1, 0.15) is 0 Å². The van der Waals surface area contributed by atoms with Crippen molar-refractivity contribution >= 4 is 0 Å². The lowest BCUT2D eigenvalue weighted by molar-refractivity contribution is -0.373. The molecule has 0 saturated heterocycles. The third kappa shape index (κ3) is 2.89. The zero-order valence-corrected chi connectivity index (χ0v) is 14.1. The Bertz CT molecular complexity index is 559. The molecule has 3 atom stereocenters. The zero-order valence-electron chi connectivity index (χ0n) is 14.1. The number of hydrogen-bond donors (Lipinski definition) is 1. The van der Waals surface area contributed by atoms with Crippen LogP contribution in [-0.2, 0) is 0 Å². The molecule has 3 unspecified atom stereocenters. The number of fused-ring (bicyclic) bond motifs is 2. The highest BCUT2D eigenvalue weighted by atomic mass is 19.4. The molecule has 0 aromatic heterocycles. The van der Waals surface area contributed by atoms with Crippen LogP contribution in [0, 0.1) is 17.8 Å². The molecule has 2 saturated carbocycles. The lowest BCUT2D eigenvalue weighted by atomic mass is 9.74. The largest absolute Gasteiger partial charge is 0.426 e. The summed E-state index contributed by atoms with van der Waals surface area (Å²) < 4.78 is 77.8. The minimum Gasteiger partial charge on any atom is -0.374 e. The number of aliphatic hydroxyl groups is 1. The van der Waals surface area contributed by atoms with Crippen molar-refractivity contribution < 1.29 is 31.4 Å². The molecule has 2 rings (SSSR count). The van der Waals surface area contributed by atoms with Crippen LogP contribution in [0.25, 0.3) is 0 Å². The minimum absolute atomic E-state index is 0.0133. The minimum atomic E-state index is -5.74. The van der Waals surface area contributed by atoms with Gasteiger partial charge in [-0.15, -0.1) is 0 Å². The fourth-order valence-electron chi connectivity index (χ4n) is 4.45. The zero-order chi connectivity index (χ0) is 18.7. The Labute approximate surface area is 137 Å². The summed E-state index contributed by atoms with van der Waals surface area (Å²) in [4.78, 5) is 0. The standard InChI is InChI=1S/C17H22F6O/c1-8(2)13-10-5-11(12(6-10)14(13)9(3)4)7-15(24,16(18,19)20)17(21,22)23/h10-12,24H,5-7H2,1-4H3. The van der Waals surface area contributed by atoms with Gasteiger partial charge in [-0.05, 0) is 75.9 Å². The van der Waals surface area contributed by atoms with Crippen molar-refractivity contribution in [1.29, 1.82) is 0 Å². The van der Waals surface area contributed by atoms with Crippen molar-refractivity contribution in [2.75, 3.05) is 0 Å². The number of alkyl halides is 6. The third-order valence-electron chi connectivity index (χ3n) is 5.34. The van der Waals surface area contributed by atoms with Crippen molar-refractivity contribution in [3.05, 3.63) is 22.3 Å². The van der Waals surface area contributed by atoms with E-state index in [1.807, 2.05) is 27.7 Å². The molecule has 2 aliphatic rings. The van der Waals surface area contributed by atoms with Crippen LogP contribution in [0.4, 0.5) is 26.3 Å². The Kier molecular flexibility index (Phi) is 4.66. The summed E-state index contributed by atoms with van der Waals surface area (Å²) in [6.07, 6.45) is -12.0. The summed E-state index contributed by atoms with van der Waals surface area (Å²) >= 11 is 0. The highest BCUT2D eigenvalue weighted by molar-refractivity contribution is 5.47. The Morgan fingerprint density at radius 1 is 0.875 bits per heavy atom. The number of hydrogen-bond acceptors (Lipinski definition) is 1. The van der Waals surface area contributed by atoms with Crippen LogP contribution in [0.15, 0.2) is 22.3 Å². The van der Waals surface area contributed by atoms with Gasteiger partial charge in [-0.2, -0.15) is 26.3 Å². The van der Waals surface area contributed by atoms with Crippen molar-refractivity contribution in [3.8, 4) is 0 Å². The lowest BCUT2D eigenvalue weighted by Gasteiger charge is -2.37. The van der Waals surface area contributed by atoms with Gasteiger partial charge in [0.25, 0.3) is 5.60 Å². The SMILES string of the molecule is CC(C)=C1C(=C(C)C)C2CC1CC2CC(O)(C(F)(F)F)C(F)(F)F. The Morgan fingerprint density at radius 3 is 1.71 bits per heavy atom. The summed E-state index contributed by atoms with van der Waals surface area (Å²) in [5, 5.41) is 9.49. The summed E-state index contributed by atoms with van der Waals surface area (Å²) in [5.41, 5.74) is -0.695. The van der Waals surface area contributed by atoms with E-state index in [2.05, 4.69) is 0 Å². The number of rotatable bonds is 2. The molecule has 0 spiro atoms. The second-order valence-corrected chi connectivity index (χ2v) is 7.42. The molecule has 0 heterocycles. The topological polar surface area (TPSA) is 20.2 Å². The van der Waals surface area contributed by atoms with E-state index in [1.54, 1.807) is 0 Å². The van der Waals surface area contributed by atoms with Gasteiger partial charge >= 0.3 is 12.4 Å². The molecule has 2 aliphatic carbocycles. The first-order valence-electron chi connectivity index (χ1n) is 7.91. The molecule has 0 aromatic carbocycles. The summed E-state index contributed by atoms with van der Waals surface area (Å²) in [6.45, 7) is 7.48. The van der Waals surface area contributed by atoms with Gasteiger partial charge in [-0.3, -0.25) is 0 Å². The first-order valence-corrected chi connectivity index (χ1v) is 7.91. The van der Waals surface area contributed by atoms with Crippen molar-refractivity contribution in [3.63, 3.8) is 0 Å². The molecule has 1 N–H and O–H groups in total. The van der Waals surface area contributed by atoms with Crippen LogP contribution in [0.1, 0.15) is 47.0 Å². The van der Waals surface area contributed by atoms with Crippen LogP contribution in [0.5, 0.6) is 0 Å². The highest BCUT2D eigenvalue weighted by Gasteiger charge is 2.71. The molecule has 0 aliphatic heterocycles. The lowest BCUT2D eigenvalue weighted by Crippen LogP contribution is -2.58. The van der Waals surface area contributed by atoms with Crippen LogP contribution in [-0.4, -0.2) is 23.1 Å². The van der Waals surface area contributed by atoms with E-state index in [-0.39, 0.29) is 18.3 Å². The molecule has 0 radical (unpaired) electrons. The molecule has 0 amide bonds. The predicted octanol–water partition coefficient (Wildman–Crippen LogP) is 5.56. The maximum atomic E-state index is 13.0. The predicted molar refractivity (Wildman–Crippen MR) is 78.1 cm³/mol. The number of allylic oxidation sites excluding steroid dienone is 4. The van der Waals surface area contributed by atoms with Gasteiger partial charge < -0.3 is 5.11 Å². The van der Waals surface area contributed by atoms with Gasteiger partial charge in [0.2, 0.25) is 0 Å². The molecule has 138 valence electrons. The van der Waals surface area contributed by atoms with Crippen molar-refractivity contribution in [1.82, 2.24) is 0 Å². The van der Waals surface area contributed by atoms with Crippen molar-refractivity contribution in [2.45, 2.75) is 64.9 Å². The van der Waals surface area contributed by atoms with Crippen LogP contribution in [0.3, 0.4) is 0 Å². The normalized spacial score (nSPS) is 27.9. The van der Waals surface area contributed by atoms with Crippen LogP contribution >= 0.6 is 0 Å². The van der Waals surface area contributed by atoms with E-state index < -0.39 is 30.3 Å². The van der Waals surface area contributed by atoms with E-state index in [1.165, 1.54) is 0 Å². The van der Waals surface area contributed by atoms with Gasteiger partial charge in [0, 0.05) is 0 Å². The van der Waals surface area contributed by atoms with E-state index in [9.17, 15) is 31.4 Å². The summed E-state index contributed by atoms with van der Waals surface area (Å²) in [5.74, 6) is -1.18. The van der Waals surface area contributed by atoms with E-state index in [0.717, 1.165) is 22.3 Å². The molecule has 24 heavy (non-hydrogen) atoms. The Hall–Kier alpha value is -0.980. The molecular weight excluding hydrogens is 334 g/mol. The maximum absolute atomic E-state index is 13.0. The van der Waals surface area contributed by atoms with Gasteiger partial charge in [-0.25, -0.2) is 0 Å². The summed E-state index contributed by atoms with van der Waals surface area (Å²) in [6, 6.07) is 0. The van der Waals surface area contributed by atoms with E-state index >= 15 is 0 Å². The first kappa shape index (κ1) is 19.3. The fourth-order valence-corrected chi connectivity index (χ4v) is 4.45. The van der Waals surface area contributed by atoms with Gasteiger partial charge in [-0.1, -0.05) is 11.1 Å². The quantitative estimate of drug-likeness (QED) is 0.642. The highest BCUT2D eigenvalue weighted by Crippen LogP contribution is 2.60. The Balaban J connectivity index is 2.38. The van der Waals surface area contributed by atoms with Gasteiger partial charge in [0.15, 0.2) is 0 Å². The summed E-state index contributed by atoms with van der Waals surface area (Å²) in [7, 11) is 0. The molecule has 2 bridgehead atoms. The molecule has 1 nitrogen and oxygen atoms in total. The second kappa shape index (κ2) is 5.78. The van der Waals surface area contributed by atoms with Gasteiger partial charge in [0.05, 0.1) is 0 Å². The smallest absolute Gasteiger partial charge is 0.374 e. The fraction of sp³-hybridized carbons (Fsp3) is 0.765. The van der Waals surface area contributed by atoms with Crippen molar-refractivity contribution in [2.24, 2.45) is 17.8 Å². The monoisotopic (exact) mass is 356 g/mol. The van der Waals surface area contributed by atoms with E-state index in [4.69, 9.17) is 0 Å². The van der Waals surface area contributed by atoms with Crippen LogP contribution in [0.2, 0.25) is 0 Å². The van der Waals surface area contributed by atoms with E-state index in [0.29, 0.717) is 6.42 Å². The number of halogens is 6. The second-order valence-electron chi connectivity index (χ2n) is 7.42. The molecular formula is C17H22F6O. The average molecular weight is 356 g/mol. The third-order valence-corrected chi connectivity index (χ3v) is 5.34. The first-order chi connectivity index (χ1) is 10.7. The maximum Gasteiger partial charge on any atom is 0.426 e. The molecule has 0 aromatic rings. The molecule has 7 heteroatoms. The Morgan fingerprint density at radius 2 is 1.33 bits per heavy atom.